The molecule has 1 aromatic heterocycles. The molecule has 2 heterocycles. The number of esters is 1. The number of pyridine rings is 1. The fraction of sp³-hybridized carbons (Fsp3) is 0.476. The number of fused-ring (bicyclic) bond motifs is 1. The van der Waals surface area contributed by atoms with E-state index in [1.807, 2.05) is 30.3 Å². The lowest BCUT2D eigenvalue weighted by Crippen LogP contribution is -2.43. The molecule has 0 saturated carbocycles. The minimum absolute atomic E-state index is 0.0282. The van der Waals surface area contributed by atoms with Gasteiger partial charge in [-0.1, -0.05) is 32.0 Å². The van der Waals surface area contributed by atoms with Gasteiger partial charge in [0, 0.05) is 24.2 Å². The van der Waals surface area contributed by atoms with Crippen LogP contribution in [-0.2, 0) is 9.53 Å². The van der Waals surface area contributed by atoms with Crippen molar-refractivity contribution >= 4 is 22.8 Å². The van der Waals surface area contributed by atoms with E-state index in [-0.39, 0.29) is 23.7 Å². The Hall–Kier alpha value is -2.43. The predicted octanol–water partition coefficient (Wildman–Crippen LogP) is 3.77. The summed E-state index contributed by atoms with van der Waals surface area (Å²) in [5.41, 5.74) is 2.41. The molecule has 1 unspecified atom stereocenters. The molecule has 1 atom stereocenters. The van der Waals surface area contributed by atoms with E-state index in [4.69, 9.17) is 4.74 Å². The molecule has 5 nitrogen and oxygen atoms in total. The summed E-state index contributed by atoms with van der Waals surface area (Å²) in [4.78, 5) is 31.8. The Balaban J connectivity index is 1.93. The maximum absolute atomic E-state index is 13.3. The van der Waals surface area contributed by atoms with Crippen LogP contribution in [0.3, 0.4) is 0 Å². The number of piperidine rings is 1. The molecule has 0 radical (unpaired) electrons. The molecule has 26 heavy (non-hydrogen) atoms. The first kappa shape index (κ1) is 18.4. The third-order valence-electron chi connectivity index (χ3n) is 4.89. The van der Waals surface area contributed by atoms with Gasteiger partial charge in [-0.3, -0.25) is 14.6 Å². The number of benzene rings is 1. The van der Waals surface area contributed by atoms with Crippen LogP contribution in [0.2, 0.25) is 0 Å². The molecule has 1 fully saturated rings. The predicted molar refractivity (Wildman–Crippen MR) is 101 cm³/mol. The van der Waals surface area contributed by atoms with Crippen molar-refractivity contribution < 1.29 is 14.3 Å². The van der Waals surface area contributed by atoms with E-state index in [0.717, 1.165) is 29.4 Å². The van der Waals surface area contributed by atoms with Crippen LogP contribution >= 0.6 is 0 Å². The van der Waals surface area contributed by atoms with Crippen LogP contribution in [0.1, 0.15) is 55.6 Å². The summed E-state index contributed by atoms with van der Waals surface area (Å²) in [5, 5.41) is 0.861. The van der Waals surface area contributed by atoms with Crippen LogP contribution in [0.15, 0.2) is 30.3 Å². The zero-order valence-corrected chi connectivity index (χ0v) is 15.7. The van der Waals surface area contributed by atoms with E-state index in [9.17, 15) is 9.59 Å². The second-order valence-electron chi connectivity index (χ2n) is 7.11. The zero-order chi connectivity index (χ0) is 18.7. The Morgan fingerprint density at radius 2 is 2.08 bits per heavy atom. The lowest BCUT2D eigenvalue weighted by molar-refractivity contribution is -0.149. The summed E-state index contributed by atoms with van der Waals surface area (Å²) >= 11 is 0. The third kappa shape index (κ3) is 3.71. The highest BCUT2D eigenvalue weighted by atomic mass is 16.5. The quantitative estimate of drug-likeness (QED) is 0.784. The Morgan fingerprint density at radius 1 is 1.31 bits per heavy atom. The molecule has 1 amide bonds. The van der Waals surface area contributed by atoms with E-state index in [0.29, 0.717) is 25.3 Å². The van der Waals surface area contributed by atoms with Gasteiger partial charge in [-0.05, 0) is 37.8 Å². The van der Waals surface area contributed by atoms with Gasteiger partial charge >= 0.3 is 5.97 Å². The summed E-state index contributed by atoms with van der Waals surface area (Å²) in [5.74, 6) is -0.225. The average molecular weight is 354 g/mol. The molecule has 138 valence electrons. The largest absolute Gasteiger partial charge is 0.466 e. The molecule has 5 heteroatoms. The lowest BCUT2D eigenvalue weighted by Gasteiger charge is -2.32. The number of carbonyl (C=O) groups is 2. The number of ether oxygens (including phenoxy) is 1. The summed E-state index contributed by atoms with van der Waals surface area (Å²) in [6.45, 7) is 7.41. The Labute approximate surface area is 154 Å². The molecule has 0 aliphatic carbocycles. The number of hydrogen-bond donors (Lipinski definition) is 0. The van der Waals surface area contributed by atoms with Gasteiger partial charge in [0.05, 0.1) is 23.6 Å². The van der Waals surface area contributed by atoms with E-state index in [1.165, 1.54) is 0 Å². The number of para-hydroxylation sites is 1. The van der Waals surface area contributed by atoms with Gasteiger partial charge in [0.15, 0.2) is 0 Å². The maximum atomic E-state index is 13.3. The fourth-order valence-corrected chi connectivity index (χ4v) is 3.45. The highest BCUT2D eigenvalue weighted by molar-refractivity contribution is 6.06. The molecule has 0 N–H and O–H groups in total. The van der Waals surface area contributed by atoms with Crippen molar-refractivity contribution in [1.82, 2.24) is 9.88 Å². The molecule has 1 aliphatic heterocycles. The normalized spacial score (nSPS) is 17.5. The lowest BCUT2D eigenvalue weighted by atomic mass is 9.96. The molecule has 2 aromatic rings. The SMILES string of the molecule is CCOC(=O)C1CCCN(C(=O)c2cc(C(C)C)nc3ccccc23)C1. The van der Waals surface area contributed by atoms with E-state index >= 15 is 0 Å². The van der Waals surface area contributed by atoms with Crippen LogP contribution < -0.4 is 0 Å². The van der Waals surface area contributed by atoms with E-state index < -0.39 is 0 Å². The molecule has 1 saturated heterocycles. The maximum Gasteiger partial charge on any atom is 0.310 e. The van der Waals surface area contributed by atoms with E-state index in [2.05, 4.69) is 18.8 Å². The van der Waals surface area contributed by atoms with Gasteiger partial charge < -0.3 is 9.64 Å². The first-order valence-corrected chi connectivity index (χ1v) is 9.36. The Kier molecular flexibility index (Phi) is 5.55. The molecular formula is C21H26N2O3. The van der Waals surface area contributed by atoms with Crippen molar-refractivity contribution in [1.29, 1.82) is 0 Å². The fourth-order valence-electron chi connectivity index (χ4n) is 3.45. The van der Waals surface area contributed by atoms with Gasteiger partial charge in [0.25, 0.3) is 5.91 Å². The van der Waals surface area contributed by atoms with Crippen molar-refractivity contribution in [3.63, 3.8) is 0 Å². The molecule has 1 aromatic carbocycles. The highest BCUT2D eigenvalue weighted by Gasteiger charge is 2.30. The van der Waals surface area contributed by atoms with Crippen molar-refractivity contribution in [2.24, 2.45) is 5.92 Å². The Bertz CT molecular complexity index is 816. The van der Waals surface area contributed by atoms with Crippen molar-refractivity contribution in [2.45, 2.75) is 39.5 Å². The van der Waals surface area contributed by atoms with Gasteiger partial charge in [-0.15, -0.1) is 0 Å². The molecule has 1 aliphatic rings. The number of likely N-dealkylation sites (tertiary alicyclic amines) is 1. The monoisotopic (exact) mass is 354 g/mol. The number of amides is 1. The minimum Gasteiger partial charge on any atom is -0.466 e. The smallest absolute Gasteiger partial charge is 0.310 e. The molecular weight excluding hydrogens is 328 g/mol. The molecule has 3 rings (SSSR count). The number of carbonyl (C=O) groups excluding carboxylic acids is 2. The van der Waals surface area contributed by atoms with Crippen LogP contribution in [0, 0.1) is 5.92 Å². The summed E-state index contributed by atoms with van der Waals surface area (Å²) in [6.07, 6.45) is 1.59. The van der Waals surface area contributed by atoms with Crippen LogP contribution in [0.5, 0.6) is 0 Å². The highest BCUT2D eigenvalue weighted by Crippen LogP contribution is 2.26. The molecule has 0 bridgehead atoms. The third-order valence-corrected chi connectivity index (χ3v) is 4.89. The molecule has 0 spiro atoms. The summed E-state index contributed by atoms with van der Waals surface area (Å²) in [7, 11) is 0. The second-order valence-corrected chi connectivity index (χ2v) is 7.11. The standard InChI is InChI=1S/C21H26N2O3/c1-4-26-21(25)15-8-7-11-23(13-15)20(24)17-12-19(14(2)3)22-18-10-6-5-9-16(17)18/h5-6,9-10,12,14-15H,4,7-8,11,13H2,1-3H3. The zero-order valence-electron chi connectivity index (χ0n) is 15.7. The van der Waals surface area contributed by atoms with Gasteiger partial charge in [0.1, 0.15) is 0 Å². The van der Waals surface area contributed by atoms with Crippen molar-refractivity contribution in [2.75, 3.05) is 19.7 Å². The first-order chi connectivity index (χ1) is 12.5. The Morgan fingerprint density at radius 3 is 2.81 bits per heavy atom. The summed E-state index contributed by atoms with van der Waals surface area (Å²) < 4.78 is 5.15. The first-order valence-electron chi connectivity index (χ1n) is 9.36. The number of rotatable bonds is 4. The van der Waals surface area contributed by atoms with Crippen LogP contribution in [0.4, 0.5) is 0 Å². The number of aromatic nitrogens is 1. The summed E-state index contributed by atoms with van der Waals surface area (Å²) in [6, 6.07) is 9.64. The number of nitrogens with zero attached hydrogens (tertiary/aromatic N) is 2. The van der Waals surface area contributed by atoms with Gasteiger partial charge in [-0.2, -0.15) is 0 Å². The topological polar surface area (TPSA) is 59.5 Å². The minimum atomic E-state index is -0.231. The van der Waals surface area contributed by atoms with Gasteiger partial charge in [0.2, 0.25) is 0 Å². The van der Waals surface area contributed by atoms with Crippen molar-refractivity contribution in [3.8, 4) is 0 Å². The van der Waals surface area contributed by atoms with Gasteiger partial charge in [-0.25, -0.2) is 0 Å². The second kappa shape index (κ2) is 7.85. The van der Waals surface area contributed by atoms with E-state index in [1.54, 1.807) is 11.8 Å². The number of hydrogen-bond acceptors (Lipinski definition) is 4. The van der Waals surface area contributed by atoms with Crippen LogP contribution in [0.25, 0.3) is 10.9 Å². The average Bonchev–Trinajstić information content (AvgIpc) is 2.66. The van der Waals surface area contributed by atoms with Crippen LogP contribution in [-0.4, -0.2) is 41.5 Å². The van der Waals surface area contributed by atoms with Crippen molar-refractivity contribution in [3.05, 3.63) is 41.6 Å².